The van der Waals surface area contributed by atoms with Gasteiger partial charge < -0.3 is 23.7 Å². The van der Waals surface area contributed by atoms with Gasteiger partial charge in [0.15, 0.2) is 12.1 Å². The molecule has 3 unspecified atom stereocenters. The van der Waals surface area contributed by atoms with Crippen molar-refractivity contribution in [1.82, 2.24) is 0 Å². The van der Waals surface area contributed by atoms with Crippen LogP contribution in [0.1, 0.15) is 27.2 Å². The molecule has 1 aliphatic heterocycles. The normalized spacial score (nSPS) is 26.8. The molecular formula is C15H30O5Si. The van der Waals surface area contributed by atoms with Crippen LogP contribution in [0.4, 0.5) is 0 Å². The van der Waals surface area contributed by atoms with Crippen molar-refractivity contribution < 1.29 is 23.7 Å². The van der Waals surface area contributed by atoms with E-state index < -0.39 is 20.0 Å². The number of rotatable bonds is 9. The van der Waals surface area contributed by atoms with Gasteiger partial charge in [-0.1, -0.05) is 19.6 Å². The quantitative estimate of drug-likeness (QED) is 0.283. The molecule has 5 nitrogen and oxygen atoms in total. The standard InChI is InChI=1S/C15H30O5Si/c1-12(18-11-17-7-8-21(4,5)6)9-13-14(10-16)20-15(2,3)19-13/h10,12-14H,7-9,11H2,1-6H3. The number of carbonyl (C=O) groups is 1. The molecule has 124 valence electrons. The van der Waals surface area contributed by atoms with Crippen LogP contribution in [-0.4, -0.2) is 51.9 Å². The molecule has 1 aliphatic rings. The number of hydrogen-bond donors (Lipinski definition) is 0. The van der Waals surface area contributed by atoms with Gasteiger partial charge in [-0.05, 0) is 26.8 Å². The average Bonchev–Trinajstić information content (AvgIpc) is 2.61. The molecule has 3 atom stereocenters. The highest BCUT2D eigenvalue weighted by Crippen LogP contribution is 2.29. The van der Waals surface area contributed by atoms with Gasteiger partial charge in [-0.3, -0.25) is 0 Å². The third kappa shape index (κ3) is 7.51. The second-order valence-electron chi connectivity index (χ2n) is 7.32. The van der Waals surface area contributed by atoms with E-state index in [2.05, 4.69) is 19.6 Å². The zero-order valence-electron chi connectivity index (χ0n) is 14.2. The van der Waals surface area contributed by atoms with E-state index in [1.165, 1.54) is 0 Å². The highest BCUT2D eigenvalue weighted by Gasteiger charge is 2.41. The first-order valence-corrected chi connectivity index (χ1v) is 11.3. The minimum Gasteiger partial charge on any atom is -0.356 e. The Morgan fingerprint density at radius 2 is 1.95 bits per heavy atom. The number of hydrogen-bond acceptors (Lipinski definition) is 5. The molecule has 1 rings (SSSR count). The third-order valence-electron chi connectivity index (χ3n) is 3.35. The van der Waals surface area contributed by atoms with Crippen LogP contribution in [0.3, 0.4) is 0 Å². The van der Waals surface area contributed by atoms with E-state index in [9.17, 15) is 4.79 Å². The van der Waals surface area contributed by atoms with Gasteiger partial charge in [0.2, 0.25) is 0 Å². The molecule has 1 heterocycles. The van der Waals surface area contributed by atoms with Crippen molar-refractivity contribution in [3.05, 3.63) is 0 Å². The largest absolute Gasteiger partial charge is 0.356 e. The molecule has 0 aromatic rings. The summed E-state index contributed by atoms with van der Waals surface area (Å²) in [4.78, 5) is 11.0. The zero-order valence-corrected chi connectivity index (χ0v) is 15.2. The molecule has 0 aromatic heterocycles. The van der Waals surface area contributed by atoms with Crippen LogP contribution in [0.2, 0.25) is 25.7 Å². The molecule has 0 aliphatic carbocycles. The van der Waals surface area contributed by atoms with Crippen LogP contribution in [0.25, 0.3) is 0 Å². The molecule has 21 heavy (non-hydrogen) atoms. The Morgan fingerprint density at radius 1 is 1.29 bits per heavy atom. The van der Waals surface area contributed by atoms with Crippen molar-refractivity contribution in [2.75, 3.05) is 13.4 Å². The summed E-state index contributed by atoms with van der Waals surface area (Å²) in [5.74, 6) is -0.705. The Balaban J connectivity index is 2.21. The SMILES string of the molecule is CC(CC1OC(C)(C)OC1C=O)OCOCC[Si](C)(C)C. The summed E-state index contributed by atoms with van der Waals surface area (Å²) in [5, 5.41) is 0. The summed E-state index contributed by atoms with van der Waals surface area (Å²) in [6.45, 7) is 13.6. The van der Waals surface area contributed by atoms with E-state index in [-0.39, 0.29) is 19.0 Å². The second-order valence-corrected chi connectivity index (χ2v) is 12.9. The maximum absolute atomic E-state index is 11.0. The summed E-state index contributed by atoms with van der Waals surface area (Å²) in [6.07, 6.45) is 0.607. The van der Waals surface area contributed by atoms with Gasteiger partial charge in [0.25, 0.3) is 0 Å². The van der Waals surface area contributed by atoms with Gasteiger partial charge in [-0.15, -0.1) is 0 Å². The lowest BCUT2D eigenvalue weighted by Gasteiger charge is -2.20. The first-order valence-electron chi connectivity index (χ1n) is 7.63. The number of carbonyl (C=O) groups excluding carboxylic acids is 1. The number of ether oxygens (including phenoxy) is 4. The van der Waals surface area contributed by atoms with E-state index in [0.717, 1.165) is 18.9 Å². The third-order valence-corrected chi connectivity index (χ3v) is 5.06. The van der Waals surface area contributed by atoms with Gasteiger partial charge in [-0.25, -0.2) is 0 Å². The Morgan fingerprint density at radius 3 is 2.52 bits per heavy atom. The lowest BCUT2D eigenvalue weighted by Crippen LogP contribution is -2.29. The fourth-order valence-corrected chi connectivity index (χ4v) is 2.91. The molecule has 0 amide bonds. The van der Waals surface area contributed by atoms with E-state index in [4.69, 9.17) is 18.9 Å². The molecule has 0 radical (unpaired) electrons. The van der Waals surface area contributed by atoms with Crippen LogP contribution < -0.4 is 0 Å². The molecule has 1 saturated heterocycles. The van der Waals surface area contributed by atoms with Crippen molar-refractivity contribution in [2.24, 2.45) is 0 Å². The Labute approximate surface area is 129 Å². The highest BCUT2D eigenvalue weighted by atomic mass is 28.3. The second kappa shape index (κ2) is 7.83. The van der Waals surface area contributed by atoms with Crippen LogP contribution in [-0.2, 0) is 23.7 Å². The van der Waals surface area contributed by atoms with Crippen LogP contribution in [0, 0.1) is 0 Å². The first-order chi connectivity index (χ1) is 9.63. The summed E-state index contributed by atoms with van der Waals surface area (Å²) >= 11 is 0. The number of aldehydes is 1. The van der Waals surface area contributed by atoms with Gasteiger partial charge in [0.05, 0.1) is 12.2 Å². The summed E-state index contributed by atoms with van der Waals surface area (Å²) < 4.78 is 22.4. The van der Waals surface area contributed by atoms with Crippen molar-refractivity contribution in [3.8, 4) is 0 Å². The van der Waals surface area contributed by atoms with Crippen molar-refractivity contribution >= 4 is 14.4 Å². The molecule has 0 bridgehead atoms. The van der Waals surface area contributed by atoms with Crippen LogP contribution in [0.15, 0.2) is 0 Å². The molecule has 6 heteroatoms. The van der Waals surface area contributed by atoms with E-state index >= 15 is 0 Å². The van der Waals surface area contributed by atoms with E-state index in [0.29, 0.717) is 6.42 Å². The van der Waals surface area contributed by atoms with Gasteiger partial charge in [0, 0.05) is 21.1 Å². The average molecular weight is 318 g/mol. The van der Waals surface area contributed by atoms with Crippen molar-refractivity contribution in [1.29, 1.82) is 0 Å². The van der Waals surface area contributed by atoms with E-state index in [1.54, 1.807) is 0 Å². The lowest BCUT2D eigenvalue weighted by atomic mass is 10.1. The lowest BCUT2D eigenvalue weighted by molar-refractivity contribution is -0.153. The van der Waals surface area contributed by atoms with Gasteiger partial charge in [-0.2, -0.15) is 0 Å². The Kier molecular flexibility index (Phi) is 7.00. The summed E-state index contributed by atoms with van der Waals surface area (Å²) in [7, 11) is -1.05. The first kappa shape index (κ1) is 18.8. The van der Waals surface area contributed by atoms with Crippen LogP contribution in [0.5, 0.6) is 0 Å². The minimum atomic E-state index is -1.05. The maximum atomic E-state index is 11.0. The van der Waals surface area contributed by atoms with Crippen LogP contribution >= 0.6 is 0 Å². The van der Waals surface area contributed by atoms with E-state index in [1.807, 2.05) is 20.8 Å². The maximum Gasteiger partial charge on any atom is 0.164 e. The fourth-order valence-electron chi connectivity index (χ4n) is 2.16. The zero-order chi connectivity index (χ0) is 16.1. The summed E-state index contributed by atoms with van der Waals surface area (Å²) in [5.41, 5.74) is 0. The van der Waals surface area contributed by atoms with Crippen molar-refractivity contribution in [2.45, 2.75) is 77.0 Å². The monoisotopic (exact) mass is 318 g/mol. The van der Waals surface area contributed by atoms with Crippen molar-refractivity contribution in [3.63, 3.8) is 0 Å². The summed E-state index contributed by atoms with van der Waals surface area (Å²) in [6, 6.07) is 1.13. The molecular weight excluding hydrogens is 288 g/mol. The highest BCUT2D eigenvalue weighted by molar-refractivity contribution is 6.76. The Bertz CT molecular complexity index is 327. The molecule has 1 fully saturated rings. The smallest absolute Gasteiger partial charge is 0.164 e. The predicted octanol–water partition coefficient (Wildman–Crippen LogP) is 2.81. The predicted molar refractivity (Wildman–Crippen MR) is 84.0 cm³/mol. The van der Waals surface area contributed by atoms with Gasteiger partial charge in [0.1, 0.15) is 12.9 Å². The minimum absolute atomic E-state index is 0.0400. The molecule has 0 N–H and O–H groups in total. The van der Waals surface area contributed by atoms with Gasteiger partial charge >= 0.3 is 0 Å². The molecule has 0 saturated carbocycles. The Hall–Kier alpha value is -0.273. The molecule has 0 spiro atoms. The molecule has 0 aromatic carbocycles. The fraction of sp³-hybridized carbons (Fsp3) is 0.933. The topological polar surface area (TPSA) is 54.0 Å².